The number of ketones is 1. The van der Waals surface area contributed by atoms with Crippen molar-refractivity contribution >= 4 is 57.6 Å². The number of thiazole rings is 1. The number of aromatic nitrogens is 2. The van der Waals surface area contributed by atoms with Gasteiger partial charge in [0.25, 0.3) is 0 Å². The van der Waals surface area contributed by atoms with Crippen LogP contribution in [0.4, 0.5) is 5.00 Å². The Morgan fingerprint density at radius 2 is 1.53 bits per heavy atom. The standard InChI is InChI=1S/C37H37N3O3SSi/c1-42-24-32-36(39-33(27-14-7-5-8-15-27)28-16-9-6-10-17-28)44-37(38-32)35(41)31-23-40(25-43-21-22-45(2,3)4)34-29-18-12-11-13-26(29)19-20-30(31)34/h5-20,23H,21-22,24-25H2,1-4H3. The molecular formula is C37H37N3O3SSi. The quantitative estimate of drug-likeness (QED) is 0.0585. The van der Waals surface area contributed by atoms with Gasteiger partial charge >= 0.3 is 0 Å². The average Bonchev–Trinajstić information content (AvgIpc) is 3.63. The molecule has 0 fully saturated rings. The summed E-state index contributed by atoms with van der Waals surface area (Å²) in [6.07, 6.45) is 1.92. The number of fused-ring (bicyclic) bond motifs is 3. The summed E-state index contributed by atoms with van der Waals surface area (Å²) in [5.41, 5.74) is 5.01. The summed E-state index contributed by atoms with van der Waals surface area (Å²) in [4.78, 5) is 24.2. The molecule has 0 aliphatic heterocycles. The Morgan fingerprint density at radius 1 is 0.867 bits per heavy atom. The number of carbonyl (C=O) groups excluding carboxylic acids is 1. The van der Waals surface area contributed by atoms with E-state index in [-0.39, 0.29) is 12.4 Å². The number of rotatable bonds is 12. The summed E-state index contributed by atoms with van der Waals surface area (Å²) in [5, 5.41) is 4.13. The first-order chi connectivity index (χ1) is 21.8. The zero-order valence-electron chi connectivity index (χ0n) is 26.1. The molecule has 2 aromatic heterocycles. The van der Waals surface area contributed by atoms with E-state index in [2.05, 4.69) is 42.4 Å². The molecule has 0 radical (unpaired) electrons. The lowest BCUT2D eigenvalue weighted by atomic mass is 10.0. The van der Waals surface area contributed by atoms with E-state index in [1.54, 1.807) is 7.11 Å². The molecule has 0 spiro atoms. The second-order valence-corrected chi connectivity index (χ2v) is 18.9. The summed E-state index contributed by atoms with van der Waals surface area (Å²) < 4.78 is 13.8. The maximum absolute atomic E-state index is 14.3. The minimum absolute atomic E-state index is 0.138. The van der Waals surface area contributed by atoms with Crippen molar-refractivity contribution < 1.29 is 14.3 Å². The summed E-state index contributed by atoms with van der Waals surface area (Å²) in [5.74, 6) is -0.138. The van der Waals surface area contributed by atoms with Gasteiger partial charge in [-0.1, -0.05) is 128 Å². The van der Waals surface area contributed by atoms with Crippen LogP contribution in [-0.4, -0.2) is 42.8 Å². The highest BCUT2D eigenvalue weighted by molar-refractivity contribution is 7.17. The summed E-state index contributed by atoms with van der Waals surface area (Å²) in [6.45, 7) is 8.36. The van der Waals surface area contributed by atoms with Crippen molar-refractivity contribution in [3.05, 3.63) is 131 Å². The van der Waals surface area contributed by atoms with Crippen molar-refractivity contribution in [1.82, 2.24) is 9.55 Å². The Bertz CT molecular complexity index is 1930. The zero-order chi connectivity index (χ0) is 31.4. The predicted octanol–water partition coefficient (Wildman–Crippen LogP) is 9.11. The minimum atomic E-state index is -1.23. The van der Waals surface area contributed by atoms with Crippen molar-refractivity contribution in [1.29, 1.82) is 0 Å². The molecule has 0 amide bonds. The molecule has 0 aliphatic carbocycles. The summed E-state index contributed by atoms with van der Waals surface area (Å²) in [7, 11) is 0.398. The van der Waals surface area contributed by atoms with Crippen LogP contribution >= 0.6 is 11.3 Å². The molecular weight excluding hydrogens is 595 g/mol. The van der Waals surface area contributed by atoms with Gasteiger partial charge in [-0.2, -0.15) is 0 Å². The van der Waals surface area contributed by atoms with Crippen LogP contribution in [0.3, 0.4) is 0 Å². The van der Waals surface area contributed by atoms with Crippen molar-refractivity contribution in [3.8, 4) is 0 Å². The van der Waals surface area contributed by atoms with Gasteiger partial charge in [-0.15, -0.1) is 0 Å². The van der Waals surface area contributed by atoms with Gasteiger partial charge in [-0.25, -0.2) is 9.98 Å². The molecule has 8 heteroatoms. The molecule has 0 bridgehead atoms. The van der Waals surface area contributed by atoms with E-state index in [0.717, 1.165) is 44.6 Å². The van der Waals surface area contributed by atoms with Crippen molar-refractivity contribution in [2.45, 2.75) is 39.0 Å². The number of aliphatic imine (C=N–C) groups is 1. The largest absolute Gasteiger partial charge is 0.378 e. The van der Waals surface area contributed by atoms with Crippen molar-refractivity contribution in [3.63, 3.8) is 0 Å². The molecule has 0 saturated carbocycles. The molecule has 0 aliphatic rings. The van der Waals surface area contributed by atoms with Crippen LogP contribution in [-0.2, 0) is 22.8 Å². The molecule has 0 atom stereocenters. The Kier molecular flexibility index (Phi) is 9.18. The van der Waals surface area contributed by atoms with E-state index in [4.69, 9.17) is 19.5 Å². The van der Waals surface area contributed by atoms with E-state index >= 15 is 0 Å². The number of hydrogen-bond acceptors (Lipinski definition) is 6. The molecule has 228 valence electrons. The Balaban J connectivity index is 1.42. The SMILES string of the molecule is COCc1nc(C(=O)c2cn(COCC[Si](C)(C)C)c3c2ccc2ccccc23)sc1N=C(c1ccccc1)c1ccccc1. The minimum Gasteiger partial charge on any atom is -0.378 e. The summed E-state index contributed by atoms with van der Waals surface area (Å²) in [6, 6.07) is 33.6. The first-order valence-electron chi connectivity index (χ1n) is 15.1. The fourth-order valence-corrected chi connectivity index (χ4v) is 7.02. The third kappa shape index (κ3) is 6.89. The van der Waals surface area contributed by atoms with Crippen LogP contribution in [0.15, 0.2) is 108 Å². The first-order valence-corrected chi connectivity index (χ1v) is 19.7. The summed E-state index contributed by atoms with van der Waals surface area (Å²) >= 11 is 1.30. The number of nitrogens with zero attached hydrogens (tertiary/aromatic N) is 3. The third-order valence-electron chi connectivity index (χ3n) is 7.69. The van der Waals surface area contributed by atoms with E-state index in [1.165, 1.54) is 11.3 Å². The van der Waals surface area contributed by atoms with Crippen LogP contribution in [0.2, 0.25) is 25.7 Å². The number of hydrogen-bond donors (Lipinski definition) is 0. The van der Waals surface area contributed by atoms with Crippen molar-refractivity contribution in [2.75, 3.05) is 13.7 Å². The van der Waals surface area contributed by atoms with E-state index < -0.39 is 8.07 Å². The van der Waals surface area contributed by atoms with E-state index in [9.17, 15) is 4.79 Å². The van der Waals surface area contributed by atoms with E-state index in [0.29, 0.717) is 34.6 Å². The third-order valence-corrected chi connectivity index (χ3v) is 10.4. The average molecular weight is 632 g/mol. The number of benzene rings is 4. The highest BCUT2D eigenvalue weighted by Gasteiger charge is 2.24. The van der Waals surface area contributed by atoms with Gasteiger partial charge in [-0.3, -0.25) is 4.79 Å². The molecule has 0 unspecified atom stereocenters. The van der Waals surface area contributed by atoms with Gasteiger partial charge in [-0.05, 0) is 11.4 Å². The Labute approximate surface area is 269 Å². The van der Waals surface area contributed by atoms with Crippen LogP contribution in [0.25, 0.3) is 21.7 Å². The topological polar surface area (TPSA) is 65.7 Å². The Hall–Kier alpha value is -4.21. The normalized spacial score (nSPS) is 11.7. The number of carbonyl (C=O) groups is 1. The molecule has 45 heavy (non-hydrogen) atoms. The highest BCUT2D eigenvalue weighted by Crippen LogP contribution is 2.35. The first kappa shape index (κ1) is 30.8. The van der Waals surface area contributed by atoms with Crippen LogP contribution in [0.5, 0.6) is 0 Å². The smallest absolute Gasteiger partial charge is 0.223 e. The fourth-order valence-electron chi connectivity index (χ4n) is 5.36. The van der Waals surface area contributed by atoms with Gasteiger partial charge in [0.2, 0.25) is 5.78 Å². The predicted molar refractivity (Wildman–Crippen MR) is 188 cm³/mol. The lowest BCUT2D eigenvalue weighted by Crippen LogP contribution is -2.22. The second kappa shape index (κ2) is 13.4. The lowest BCUT2D eigenvalue weighted by molar-refractivity contribution is 0.0900. The molecule has 6 aromatic rings. The van der Waals surface area contributed by atoms with Gasteiger partial charge in [0.15, 0.2) is 5.01 Å². The molecule has 0 saturated heterocycles. The molecule has 2 heterocycles. The number of ether oxygens (including phenoxy) is 2. The molecule has 6 nitrogen and oxygen atoms in total. The lowest BCUT2D eigenvalue weighted by Gasteiger charge is -2.16. The highest BCUT2D eigenvalue weighted by atomic mass is 32.1. The second-order valence-electron chi connectivity index (χ2n) is 12.3. The van der Waals surface area contributed by atoms with Gasteiger partial charge in [0, 0.05) is 49.9 Å². The fraction of sp³-hybridized carbons (Fsp3) is 0.216. The van der Waals surface area contributed by atoms with E-state index in [1.807, 2.05) is 85.1 Å². The number of methoxy groups -OCH3 is 1. The maximum atomic E-state index is 14.3. The zero-order valence-corrected chi connectivity index (χ0v) is 27.9. The molecule has 0 N–H and O–H groups in total. The maximum Gasteiger partial charge on any atom is 0.223 e. The van der Waals surface area contributed by atoms with Gasteiger partial charge in [0.1, 0.15) is 17.4 Å². The van der Waals surface area contributed by atoms with Crippen LogP contribution in [0, 0.1) is 0 Å². The van der Waals surface area contributed by atoms with Crippen LogP contribution in [0.1, 0.15) is 32.2 Å². The van der Waals surface area contributed by atoms with Crippen LogP contribution < -0.4 is 0 Å². The monoisotopic (exact) mass is 631 g/mol. The van der Waals surface area contributed by atoms with Gasteiger partial charge < -0.3 is 14.0 Å². The molecule has 4 aromatic carbocycles. The molecule has 6 rings (SSSR count). The van der Waals surface area contributed by atoms with Crippen molar-refractivity contribution in [2.24, 2.45) is 4.99 Å². The van der Waals surface area contributed by atoms with Gasteiger partial charge in [0.05, 0.1) is 23.4 Å². The Morgan fingerprint density at radius 3 is 2.20 bits per heavy atom.